The molecule has 0 aromatic carbocycles. The van der Waals surface area contributed by atoms with Gasteiger partial charge in [0.2, 0.25) is 5.91 Å². The van der Waals surface area contributed by atoms with E-state index in [1.54, 1.807) is 18.8 Å². The van der Waals surface area contributed by atoms with E-state index in [2.05, 4.69) is 22.5 Å². The van der Waals surface area contributed by atoms with Gasteiger partial charge in [0.25, 0.3) is 0 Å². The molecule has 0 fully saturated rings. The van der Waals surface area contributed by atoms with Gasteiger partial charge in [0.05, 0.1) is 6.54 Å². The third-order valence-electron chi connectivity index (χ3n) is 1.73. The molecule has 0 aromatic heterocycles. The molecule has 1 heterocycles. The minimum absolute atomic E-state index is 0.0121. The van der Waals surface area contributed by atoms with Crippen LogP contribution in [0.3, 0.4) is 0 Å². The number of carbonyl (C=O) groups is 1. The van der Waals surface area contributed by atoms with Gasteiger partial charge in [-0.1, -0.05) is 18.7 Å². The number of carbonyl (C=O) groups excluding carboxylic acids is 1. The van der Waals surface area contributed by atoms with Crippen molar-refractivity contribution in [2.75, 3.05) is 25.9 Å². The molecule has 5 heteroatoms. The molecule has 4 nitrogen and oxygen atoms in total. The second-order valence-corrected chi connectivity index (χ2v) is 4.10. The molecule has 0 aromatic rings. The van der Waals surface area contributed by atoms with Crippen LogP contribution in [0.2, 0.25) is 0 Å². The molecule has 0 aliphatic carbocycles. The van der Waals surface area contributed by atoms with E-state index < -0.39 is 0 Å². The number of likely N-dealkylation sites (N-methyl/N-ethyl adjacent to an activating group) is 1. The van der Waals surface area contributed by atoms with E-state index in [-0.39, 0.29) is 5.91 Å². The molecule has 0 saturated heterocycles. The second kappa shape index (κ2) is 5.11. The summed E-state index contributed by atoms with van der Waals surface area (Å²) in [4.78, 5) is 15.2. The summed E-state index contributed by atoms with van der Waals surface area (Å²) in [6.07, 6.45) is 0. The fourth-order valence-corrected chi connectivity index (χ4v) is 1.80. The van der Waals surface area contributed by atoms with Crippen LogP contribution in [0.1, 0.15) is 6.92 Å². The van der Waals surface area contributed by atoms with E-state index in [0.717, 1.165) is 17.5 Å². The minimum atomic E-state index is -0.0121. The van der Waals surface area contributed by atoms with Crippen LogP contribution in [0.4, 0.5) is 0 Å². The first kappa shape index (κ1) is 10.4. The van der Waals surface area contributed by atoms with Gasteiger partial charge in [-0.2, -0.15) is 0 Å². The second-order valence-electron chi connectivity index (χ2n) is 3.09. The zero-order valence-electron chi connectivity index (χ0n) is 7.96. The maximum atomic E-state index is 10.9. The van der Waals surface area contributed by atoms with Gasteiger partial charge in [0.1, 0.15) is 0 Å². The highest BCUT2D eigenvalue weighted by Crippen LogP contribution is 2.15. The minimum Gasteiger partial charge on any atom is -0.358 e. The molecule has 0 bridgehead atoms. The molecule has 1 aliphatic rings. The normalized spacial score (nSPS) is 22.0. The van der Waals surface area contributed by atoms with Crippen molar-refractivity contribution in [1.82, 2.24) is 10.6 Å². The van der Waals surface area contributed by atoms with E-state index in [9.17, 15) is 4.79 Å². The first-order chi connectivity index (χ1) is 6.22. The fraction of sp³-hybridized carbons (Fsp3) is 0.750. The Labute approximate surface area is 82.6 Å². The third kappa shape index (κ3) is 3.67. The first-order valence-corrected chi connectivity index (χ1v) is 5.32. The number of hydrogen-bond donors (Lipinski definition) is 2. The highest BCUT2D eigenvalue weighted by atomic mass is 32.2. The van der Waals surface area contributed by atoms with Crippen molar-refractivity contribution in [2.24, 2.45) is 10.9 Å². The molecule has 1 amide bonds. The summed E-state index contributed by atoms with van der Waals surface area (Å²) in [7, 11) is 1.63. The Morgan fingerprint density at radius 3 is 3.08 bits per heavy atom. The molecule has 13 heavy (non-hydrogen) atoms. The number of nitrogens with zero attached hydrogens (tertiary/aromatic N) is 1. The molecular formula is C8H15N3OS. The highest BCUT2D eigenvalue weighted by molar-refractivity contribution is 8.13. The number of aliphatic imine (C=N–C) groups is 1. The number of nitrogens with one attached hydrogen (secondary N) is 2. The molecular weight excluding hydrogens is 186 g/mol. The zero-order chi connectivity index (χ0) is 9.68. The van der Waals surface area contributed by atoms with E-state index in [4.69, 9.17) is 0 Å². The van der Waals surface area contributed by atoms with Gasteiger partial charge in [0, 0.05) is 19.3 Å². The zero-order valence-corrected chi connectivity index (χ0v) is 8.78. The molecule has 1 aliphatic heterocycles. The molecule has 1 rings (SSSR count). The van der Waals surface area contributed by atoms with Crippen LogP contribution < -0.4 is 10.6 Å². The SMILES string of the molecule is CNC(=O)CNC1=NCC(C)CS1. The Morgan fingerprint density at radius 2 is 2.54 bits per heavy atom. The van der Waals surface area contributed by atoms with Crippen molar-refractivity contribution < 1.29 is 4.79 Å². The fourth-order valence-electron chi connectivity index (χ4n) is 0.910. The summed E-state index contributed by atoms with van der Waals surface area (Å²) in [5.41, 5.74) is 0. The van der Waals surface area contributed by atoms with Crippen molar-refractivity contribution in [3.8, 4) is 0 Å². The van der Waals surface area contributed by atoms with Crippen LogP contribution in [0.5, 0.6) is 0 Å². The van der Waals surface area contributed by atoms with Gasteiger partial charge in [-0.3, -0.25) is 9.79 Å². The largest absolute Gasteiger partial charge is 0.358 e. The Hall–Kier alpha value is -0.710. The average molecular weight is 201 g/mol. The van der Waals surface area contributed by atoms with Crippen molar-refractivity contribution in [3.05, 3.63) is 0 Å². The molecule has 74 valence electrons. The van der Waals surface area contributed by atoms with E-state index in [0.29, 0.717) is 12.5 Å². The number of amides is 1. The van der Waals surface area contributed by atoms with E-state index in [1.807, 2.05) is 0 Å². The summed E-state index contributed by atoms with van der Waals surface area (Å²) in [6.45, 7) is 3.35. The molecule has 1 unspecified atom stereocenters. The predicted molar refractivity (Wildman–Crippen MR) is 56.0 cm³/mol. The molecule has 0 spiro atoms. The number of thioether (sulfide) groups is 1. The lowest BCUT2D eigenvalue weighted by Gasteiger charge is -2.17. The van der Waals surface area contributed by atoms with E-state index >= 15 is 0 Å². The maximum Gasteiger partial charge on any atom is 0.239 e. The predicted octanol–water partition coefficient (Wildman–Crippen LogP) is 0.0609. The van der Waals surface area contributed by atoms with Gasteiger partial charge < -0.3 is 10.6 Å². The maximum absolute atomic E-state index is 10.9. The van der Waals surface area contributed by atoms with Crippen molar-refractivity contribution >= 4 is 22.8 Å². The van der Waals surface area contributed by atoms with Crippen LogP contribution in [0, 0.1) is 5.92 Å². The van der Waals surface area contributed by atoms with Gasteiger partial charge in [-0.15, -0.1) is 0 Å². The third-order valence-corrected chi connectivity index (χ3v) is 3.01. The van der Waals surface area contributed by atoms with Gasteiger partial charge >= 0.3 is 0 Å². The number of amidine groups is 1. The van der Waals surface area contributed by atoms with Gasteiger partial charge in [-0.05, 0) is 5.92 Å². The molecule has 2 N–H and O–H groups in total. The summed E-state index contributed by atoms with van der Waals surface area (Å²) < 4.78 is 0. The first-order valence-electron chi connectivity index (χ1n) is 4.34. The van der Waals surface area contributed by atoms with Crippen LogP contribution in [-0.2, 0) is 4.79 Å². The number of rotatable bonds is 2. The van der Waals surface area contributed by atoms with Crippen LogP contribution in [0.25, 0.3) is 0 Å². The Balaban J connectivity index is 2.26. The van der Waals surface area contributed by atoms with Crippen molar-refractivity contribution in [1.29, 1.82) is 0 Å². The molecule has 1 atom stereocenters. The van der Waals surface area contributed by atoms with Crippen LogP contribution >= 0.6 is 11.8 Å². The summed E-state index contributed by atoms with van der Waals surface area (Å²) in [5.74, 6) is 1.72. The Bertz CT molecular complexity index is 217. The topological polar surface area (TPSA) is 53.5 Å². The Morgan fingerprint density at radius 1 is 1.77 bits per heavy atom. The average Bonchev–Trinajstić information content (AvgIpc) is 2.16. The van der Waals surface area contributed by atoms with Crippen LogP contribution in [-0.4, -0.2) is 37.0 Å². The lowest BCUT2D eigenvalue weighted by atomic mass is 10.2. The summed E-state index contributed by atoms with van der Waals surface area (Å²) in [6, 6.07) is 0. The smallest absolute Gasteiger partial charge is 0.239 e. The quantitative estimate of drug-likeness (QED) is 0.664. The summed E-state index contributed by atoms with van der Waals surface area (Å²) >= 11 is 1.68. The van der Waals surface area contributed by atoms with Crippen LogP contribution in [0.15, 0.2) is 4.99 Å². The van der Waals surface area contributed by atoms with Gasteiger partial charge in [-0.25, -0.2) is 0 Å². The lowest BCUT2D eigenvalue weighted by Crippen LogP contribution is -2.35. The van der Waals surface area contributed by atoms with Gasteiger partial charge in [0.15, 0.2) is 5.17 Å². The number of hydrogen-bond acceptors (Lipinski definition) is 4. The highest BCUT2D eigenvalue weighted by Gasteiger charge is 2.11. The monoisotopic (exact) mass is 201 g/mol. The summed E-state index contributed by atoms with van der Waals surface area (Å²) in [5, 5.41) is 6.43. The molecule has 0 radical (unpaired) electrons. The lowest BCUT2D eigenvalue weighted by molar-refractivity contribution is -0.119. The van der Waals surface area contributed by atoms with Crippen molar-refractivity contribution in [2.45, 2.75) is 6.92 Å². The molecule has 0 saturated carbocycles. The standard InChI is InChI=1S/C8H15N3OS/c1-6-3-10-8(13-5-6)11-4-7(12)9-2/h6H,3-5H2,1-2H3,(H,9,12)(H,10,11). The van der Waals surface area contributed by atoms with E-state index in [1.165, 1.54) is 0 Å². The van der Waals surface area contributed by atoms with Crippen molar-refractivity contribution in [3.63, 3.8) is 0 Å². The Kier molecular flexibility index (Phi) is 4.08.